The molecule has 2 aliphatic heterocycles. The number of aromatic nitrogens is 2. The lowest BCUT2D eigenvalue weighted by Crippen LogP contribution is -2.65. The summed E-state index contributed by atoms with van der Waals surface area (Å²) >= 11 is 0. The number of hydrogen-bond donors (Lipinski definition) is 0. The van der Waals surface area contributed by atoms with E-state index in [9.17, 15) is 0 Å². The van der Waals surface area contributed by atoms with E-state index in [0.717, 1.165) is 131 Å². The van der Waals surface area contributed by atoms with Crippen molar-refractivity contribution in [1.29, 1.82) is 0 Å². The molecule has 4 nitrogen and oxygen atoms in total. The molecular formula is C78H52B2N2O2P2. The average molecular weight is 1130 g/mol. The summed E-state index contributed by atoms with van der Waals surface area (Å²) in [6.45, 7) is -0.112. The van der Waals surface area contributed by atoms with E-state index in [1.165, 1.54) is 10.9 Å². The molecule has 0 saturated carbocycles. The van der Waals surface area contributed by atoms with Gasteiger partial charge in [0, 0.05) is 75.9 Å². The molecule has 2 aliphatic rings. The fraction of sp³-hybridized carbons (Fsp3) is 0. The molecular weight excluding hydrogens is 1080 g/mol. The Balaban J connectivity index is 0.947. The molecule has 0 fully saturated rings. The number of para-hydroxylation sites is 4. The third-order valence-corrected chi connectivity index (χ3v) is 24.8. The molecule has 13 aromatic carbocycles. The molecule has 0 N–H and O–H groups in total. The van der Waals surface area contributed by atoms with Gasteiger partial charge in [-0.2, -0.15) is 0 Å². The number of hydrogen-bond acceptors (Lipinski definition) is 2. The van der Waals surface area contributed by atoms with E-state index in [1.54, 1.807) is 0 Å². The third kappa shape index (κ3) is 7.34. The first-order chi connectivity index (χ1) is 42.5. The molecule has 0 aliphatic carbocycles. The van der Waals surface area contributed by atoms with Crippen LogP contribution < -0.4 is 64.6 Å². The normalized spacial score (nSPS) is 13.8. The molecule has 0 spiro atoms. The van der Waals surface area contributed by atoms with Gasteiger partial charge in [0.05, 0.1) is 22.1 Å². The van der Waals surface area contributed by atoms with Gasteiger partial charge < -0.3 is 18.3 Å². The van der Waals surface area contributed by atoms with Crippen molar-refractivity contribution in [3.63, 3.8) is 0 Å². The summed E-state index contributed by atoms with van der Waals surface area (Å²) in [5, 5.41) is 9.55. The first-order valence-corrected chi connectivity index (χ1v) is 32.9. The van der Waals surface area contributed by atoms with E-state index in [4.69, 9.17) is 0 Å². The lowest BCUT2D eigenvalue weighted by molar-refractivity contribution is 0.592. The Morgan fingerprint density at radius 1 is 0.267 bits per heavy atom. The highest BCUT2D eigenvalue weighted by Gasteiger charge is 2.45. The minimum Gasteiger partial charge on any atom is -0.309 e. The SMILES string of the molecule is O=P1(c2ccc(-c3c4c5ccccc5n(-c5ccccc5)c4c(-c4ccc(P5(=O)c6ccccc6B(c6ccccc6)c6ccccc65)cc4)c4c5ccccc5n(-c5ccccc5)c34)cc2)c2ccccc2B(c2ccccc2)c2ccccc21. The summed E-state index contributed by atoms with van der Waals surface area (Å²) in [6.07, 6.45) is 0. The molecule has 86 heavy (non-hydrogen) atoms. The molecule has 4 heterocycles. The molecule has 8 heteroatoms. The Hall–Kier alpha value is -9.95. The first-order valence-electron chi connectivity index (χ1n) is 29.5. The van der Waals surface area contributed by atoms with Gasteiger partial charge in [0.25, 0.3) is 0 Å². The minimum atomic E-state index is -3.42. The second kappa shape index (κ2) is 19.8. The Kier molecular flexibility index (Phi) is 11.7. The maximum atomic E-state index is 16.7. The van der Waals surface area contributed by atoms with Crippen molar-refractivity contribution >= 4 is 136 Å². The van der Waals surface area contributed by atoms with Gasteiger partial charge in [-0.05, 0) is 47.5 Å². The third-order valence-electron chi connectivity index (χ3n) is 18.4. The zero-order chi connectivity index (χ0) is 57.1. The standard InChI is InChI=1S/C78H52B2N2O2P2/c83-85(69-41-21-15-35-63(69)79(55-25-5-1-6-26-55)64-36-16-22-42-70(64)85)59-49-45-53(46-50-59)73-75-61-33-13-19-39-67(61)82(58-31-11-4-12-32-58)78(75)74(76-62-34-14-20-40-68(62)81(77(73)76)57-29-9-3-10-30-57)54-47-51-60(52-48-54)86(84)71-43-23-17-37-65(71)80(56-27-7-2-8-28-56)66-38-18-24-44-72(66)86/h1-52H. The lowest BCUT2D eigenvalue weighted by atomic mass is 9.36. The summed E-state index contributed by atoms with van der Waals surface area (Å²) in [6, 6.07) is 111. The van der Waals surface area contributed by atoms with Gasteiger partial charge in [-0.1, -0.05) is 312 Å². The molecule has 15 aromatic rings. The van der Waals surface area contributed by atoms with Gasteiger partial charge >= 0.3 is 0 Å². The Morgan fingerprint density at radius 3 is 0.884 bits per heavy atom. The predicted molar refractivity (Wildman–Crippen MR) is 367 cm³/mol. The van der Waals surface area contributed by atoms with Crippen molar-refractivity contribution in [3.05, 3.63) is 315 Å². The molecule has 0 bridgehead atoms. The summed E-state index contributed by atoms with van der Waals surface area (Å²) in [7, 11) is -6.83. The lowest BCUT2D eigenvalue weighted by Gasteiger charge is -2.33. The van der Waals surface area contributed by atoms with Gasteiger partial charge in [-0.15, -0.1) is 0 Å². The molecule has 402 valence electrons. The van der Waals surface area contributed by atoms with Crippen LogP contribution in [0.3, 0.4) is 0 Å². The maximum Gasteiger partial charge on any atom is 0.243 e. The van der Waals surface area contributed by atoms with Gasteiger partial charge in [-0.25, -0.2) is 0 Å². The fourth-order valence-corrected chi connectivity index (χ4v) is 21.1. The maximum absolute atomic E-state index is 16.7. The van der Waals surface area contributed by atoms with Crippen LogP contribution in [0, 0.1) is 0 Å². The highest BCUT2D eigenvalue weighted by atomic mass is 31.2. The largest absolute Gasteiger partial charge is 0.309 e. The van der Waals surface area contributed by atoms with Crippen LogP contribution >= 0.6 is 14.3 Å². The van der Waals surface area contributed by atoms with Crippen LogP contribution in [0.15, 0.2) is 315 Å². The van der Waals surface area contributed by atoms with Crippen molar-refractivity contribution in [2.24, 2.45) is 0 Å². The van der Waals surface area contributed by atoms with E-state index < -0.39 is 14.3 Å². The summed E-state index contributed by atoms with van der Waals surface area (Å²) in [4.78, 5) is 0. The van der Waals surface area contributed by atoms with Crippen LogP contribution in [-0.2, 0) is 9.13 Å². The highest BCUT2D eigenvalue weighted by Crippen LogP contribution is 2.53. The van der Waals surface area contributed by atoms with Crippen LogP contribution in [-0.4, -0.2) is 22.6 Å². The minimum absolute atomic E-state index is 0.0560. The van der Waals surface area contributed by atoms with Crippen LogP contribution in [0.2, 0.25) is 0 Å². The quantitative estimate of drug-likeness (QED) is 0.112. The molecule has 0 amide bonds. The molecule has 17 rings (SSSR count). The highest BCUT2D eigenvalue weighted by molar-refractivity contribution is 7.87. The first kappa shape index (κ1) is 50.6. The molecule has 0 unspecified atom stereocenters. The van der Waals surface area contributed by atoms with Crippen LogP contribution in [0.5, 0.6) is 0 Å². The van der Waals surface area contributed by atoms with Crippen LogP contribution in [0.1, 0.15) is 0 Å². The summed E-state index contributed by atoms with van der Waals surface area (Å²) < 4.78 is 38.4. The van der Waals surface area contributed by atoms with Crippen LogP contribution in [0.25, 0.3) is 77.2 Å². The van der Waals surface area contributed by atoms with Crippen LogP contribution in [0.4, 0.5) is 0 Å². The van der Waals surface area contributed by atoms with Gasteiger partial charge in [-0.3, -0.25) is 0 Å². The number of rotatable bonds is 8. The summed E-state index contributed by atoms with van der Waals surface area (Å²) in [5.41, 5.74) is 17.2. The Bertz CT molecular complexity index is 4860. The molecule has 0 radical (unpaired) electrons. The molecule has 0 atom stereocenters. The van der Waals surface area contributed by atoms with Crippen molar-refractivity contribution in [2.45, 2.75) is 0 Å². The van der Waals surface area contributed by atoms with E-state index in [2.05, 4.69) is 300 Å². The van der Waals surface area contributed by atoms with E-state index in [1.807, 2.05) is 24.3 Å². The second-order valence-electron chi connectivity index (χ2n) is 22.8. The zero-order valence-corrected chi connectivity index (χ0v) is 48.6. The van der Waals surface area contributed by atoms with E-state index in [-0.39, 0.29) is 13.4 Å². The summed E-state index contributed by atoms with van der Waals surface area (Å²) in [5.74, 6) is 0. The van der Waals surface area contributed by atoms with Crippen molar-refractivity contribution in [3.8, 4) is 33.6 Å². The van der Waals surface area contributed by atoms with Crippen molar-refractivity contribution in [2.75, 3.05) is 0 Å². The van der Waals surface area contributed by atoms with E-state index >= 15 is 9.13 Å². The number of fused-ring (bicyclic) bond motifs is 10. The smallest absolute Gasteiger partial charge is 0.243 e. The Labute approximate surface area is 500 Å². The zero-order valence-electron chi connectivity index (χ0n) is 46.8. The fourth-order valence-electron chi connectivity index (χ4n) is 14.9. The van der Waals surface area contributed by atoms with Gasteiger partial charge in [0.2, 0.25) is 13.4 Å². The second-order valence-corrected chi connectivity index (χ2v) is 28.2. The molecule has 0 saturated heterocycles. The predicted octanol–water partition coefficient (Wildman–Crippen LogP) is 12.2. The van der Waals surface area contributed by atoms with Crippen molar-refractivity contribution in [1.82, 2.24) is 9.13 Å². The van der Waals surface area contributed by atoms with Gasteiger partial charge in [0.15, 0.2) is 14.3 Å². The number of benzene rings is 13. The van der Waals surface area contributed by atoms with E-state index in [0.29, 0.717) is 0 Å². The monoisotopic (exact) mass is 1130 g/mol. The topological polar surface area (TPSA) is 44.0 Å². The number of nitrogens with zero attached hydrogens (tertiary/aromatic N) is 2. The average Bonchev–Trinajstić information content (AvgIpc) is 1.43. The van der Waals surface area contributed by atoms with Crippen molar-refractivity contribution < 1.29 is 9.13 Å². The van der Waals surface area contributed by atoms with Gasteiger partial charge in [0.1, 0.15) is 0 Å². The Morgan fingerprint density at radius 2 is 0.547 bits per heavy atom. The molecule has 2 aromatic heterocycles.